The van der Waals surface area contributed by atoms with Crippen molar-refractivity contribution in [1.29, 1.82) is 0 Å². The van der Waals surface area contributed by atoms with Crippen LogP contribution in [0.25, 0.3) is 0 Å². The Morgan fingerprint density at radius 1 is 1.15 bits per heavy atom. The van der Waals surface area contributed by atoms with Crippen molar-refractivity contribution in [2.24, 2.45) is 5.73 Å². The molecule has 9 heteroatoms. The third-order valence-corrected chi connectivity index (χ3v) is 3.64. The molecule has 0 fully saturated rings. The van der Waals surface area contributed by atoms with Crippen LogP contribution in [0.1, 0.15) is 22.8 Å². The predicted molar refractivity (Wildman–Crippen MR) is 95.9 cm³/mol. The third kappa shape index (κ3) is 5.36. The number of amides is 2. The van der Waals surface area contributed by atoms with E-state index in [0.717, 1.165) is 0 Å². The molecular weight excluding hydrogens is 354 g/mol. The van der Waals surface area contributed by atoms with Crippen LogP contribution in [0.4, 0.5) is 11.4 Å². The van der Waals surface area contributed by atoms with Gasteiger partial charge in [-0.3, -0.25) is 24.5 Å². The molecule has 0 radical (unpaired) electrons. The zero-order valence-corrected chi connectivity index (χ0v) is 14.4. The first-order valence-electron chi connectivity index (χ1n) is 7.90. The molecule has 2 aromatic rings. The molecular formula is C18H17N3O6. The lowest BCUT2D eigenvalue weighted by Crippen LogP contribution is -2.30. The van der Waals surface area contributed by atoms with Gasteiger partial charge in [-0.25, -0.2) is 0 Å². The van der Waals surface area contributed by atoms with Gasteiger partial charge in [0, 0.05) is 22.9 Å². The van der Waals surface area contributed by atoms with Gasteiger partial charge >= 0.3 is 5.97 Å². The Hall–Kier alpha value is -3.75. The second kappa shape index (κ2) is 8.56. The highest BCUT2D eigenvalue weighted by Crippen LogP contribution is 2.19. The van der Waals surface area contributed by atoms with Crippen LogP contribution in [-0.4, -0.2) is 28.8 Å². The summed E-state index contributed by atoms with van der Waals surface area (Å²) in [5.74, 6) is -1.95. The van der Waals surface area contributed by atoms with Crippen molar-refractivity contribution in [2.75, 3.05) is 5.32 Å². The number of ether oxygens (including phenoxy) is 1. The van der Waals surface area contributed by atoms with Crippen molar-refractivity contribution < 1.29 is 24.0 Å². The molecule has 0 spiro atoms. The summed E-state index contributed by atoms with van der Waals surface area (Å²) in [6, 6.07) is 11.7. The Morgan fingerprint density at radius 2 is 1.78 bits per heavy atom. The second-order valence-corrected chi connectivity index (χ2v) is 5.63. The van der Waals surface area contributed by atoms with E-state index in [-0.39, 0.29) is 23.2 Å². The number of nitro groups is 1. The fourth-order valence-electron chi connectivity index (χ4n) is 2.25. The number of anilines is 1. The molecule has 27 heavy (non-hydrogen) atoms. The first-order valence-corrected chi connectivity index (χ1v) is 7.90. The molecule has 0 aromatic heterocycles. The van der Waals surface area contributed by atoms with E-state index < -0.39 is 28.8 Å². The van der Waals surface area contributed by atoms with Gasteiger partial charge in [0.25, 0.3) is 11.6 Å². The molecule has 2 amide bonds. The largest absolute Gasteiger partial charge is 0.452 e. The fourth-order valence-corrected chi connectivity index (χ4v) is 2.25. The number of carbonyl (C=O) groups is 3. The van der Waals surface area contributed by atoms with Crippen molar-refractivity contribution in [3.05, 3.63) is 69.8 Å². The molecule has 140 valence electrons. The maximum atomic E-state index is 12.1. The van der Waals surface area contributed by atoms with Crippen LogP contribution in [0, 0.1) is 10.1 Å². The molecule has 3 N–H and O–H groups in total. The zero-order chi connectivity index (χ0) is 20.0. The molecule has 0 heterocycles. The number of nitrogens with two attached hydrogens (primary N) is 1. The third-order valence-electron chi connectivity index (χ3n) is 3.64. The number of nitrogens with zero attached hydrogens (tertiary/aromatic N) is 1. The quantitative estimate of drug-likeness (QED) is 0.432. The maximum Gasteiger partial charge on any atom is 0.311 e. The number of carbonyl (C=O) groups excluding carboxylic acids is 3. The molecule has 0 aliphatic heterocycles. The van der Waals surface area contributed by atoms with E-state index in [1.54, 1.807) is 6.07 Å². The van der Waals surface area contributed by atoms with Crippen LogP contribution in [0.15, 0.2) is 48.5 Å². The molecule has 0 aliphatic carbocycles. The van der Waals surface area contributed by atoms with Gasteiger partial charge in [-0.1, -0.05) is 18.2 Å². The molecule has 0 bridgehead atoms. The molecule has 2 rings (SSSR count). The van der Waals surface area contributed by atoms with Crippen molar-refractivity contribution >= 4 is 29.2 Å². The normalized spacial score (nSPS) is 11.3. The van der Waals surface area contributed by atoms with Crippen molar-refractivity contribution in [3.63, 3.8) is 0 Å². The standard InChI is InChI=1S/C18H17N3O6/c1-11(18(24)20-14-8-6-12(7-9-14)17(19)23)27-16(22)10-13-4-2-3-5-15(13)21(25)26/h2-9,11H,10H2,1H3,(H2,19,23)(H,20,24)/t11-/m0/s1. The topological polar surface area (TPSA) is 142 Å². The predicted octanol–water partition coefficient (Wildman–Crippen LogP) is 1.81. The molecule has 1 atom stereocenters. The number of esters is 1. The van der Waals surface area contributed by atoms with Gasteiger partial charge in [-0.2, -0.15) is 0 Å². The summed E-state index contributed by atoms with van der Waals surface area (Å²) in [5.41, 5.74) is 5.82. The van der Waals surface area contributed by atoms with Gasteiger partial charge in [0.2, 0.25) is 5.91 Å². The minimum absolute atomic E-state index is 0.193. The van der Waals surface area contributed by atoms with Gasteiger partial charge in [0.05, 0.1) is 11.3 Å². The van der Waals surface area contributed by atoms with E-state index in [1.807, 2.05) is 0 Å². The lowest BCUT2D eigenvalue weighted by molar-refractivity contribution is -0.385. The first-order chi connectivity index (χ1) is 12.8. The van der Waals surface area contributed by atoms with Crippen molar-refractivity contribution in [2.45, 2.75) is 19.4 Å². The number of benzene rings is 2. The highest BCUT2D eigenvalue weighted by Gasteiger charge is 2.21. The fraction of sp³-hybridized carbons (Fsp3) is 0.167. The average molecular weight is 371 g/mol. The summed E-state index contributed by atoms with van der Waals surface area (Å²) in [6.45, 7) is 1.38. The second-order valence-electron chi connectivity index (χ2n) is 5.63. The van der Waals surface area contributed by atoms with E-state index in [1.165, 1.54) is 49.4 Å². The van der Waals surface area contributed by atoms with Gasteiger partial charge in [-0.05, 0) is 31.2 Å². The van der Waals surface area contributed by atoms with Gasteiger partial charge in [0.1, 0.15) is 0 Å². The SMILES string of the molecule is C[C@H](OC(=O)Cc1ccccc1[N+](=O)[O-])C(=O)Nc1ccc(C(N)=O)cc1. The minimum atomic E-state index is -1.11. The Balaban J connectivity index is 1.94. The van der Waals surface area contributed by atoms with E-state index in [0.29, 0.717) is 5.69 Å². The van der Waals surface area contributed by atoms with Crippen LogP contribution >= 0.6 is 0 Å². The van der Waals surface area contributed by atoms with E-state index >= 15 is 0 Å². The van der Waals surface area contributed by atoms with Crippen molar-refractivity contribution in [3.8, 4) is 0 Å². The van der Waals surface area contributed by atoms with Gasteiger partial charge in [-0.15, -0.1) is 0 Å². The molecule has 0 aliphatic rings. The van der Waals surface area contributed by atoms with E-state index in [9.17, 15) is 24.5 Å². The Kier molecular flexibility index (Phi) is 6.21. The van der Waals surface area contributed by atoms with Crippen LogP contribution in [0.3, 0.4) is 0 Å². The Morgan fingerprint density at radius 3 is 2.37 bits per heavy atom. The van der Waals surface area contributed by atoms with Gasteiger partial charge in [0.15, 0.2) is 6.10 Å². The van der Waals surface area contributed by atoms with E-state index in [4.69, 9.17) is 10.5 Å². The number of hydrogen-bond acceptors (Lipinski definition) is 6. The van der Waals surface area contributed by atoms with Crippen LogP contribution in [-0.2, 0) is 20.7 Å². The summed E-state index contributed by atoms with van der Waals surface area (Å²) in [6.07, 6.45) is -1.45. The van der Waals surface area contributed by atoms with Crippen LogP contribution < -0.4 is 11.1 Å². The number of para-hydroxylation sites is 1. The zero-order valence-electron chi connectivity index (χ0n) is 14.4. The number of nitro benzene ring substituents is 1. The number of primary amides is 1. The Labute approximate surface area is 154 Å². The lowest BCUT2D eigenvalue weighted by Gasteiger charge is -2.13. The summed E-state index contributed by atoms with van der Waals surface area (Å²) < 4.78 is 5.04. The summed E-state index contributed by atoms with van der Waals surface area (Å²) >= 11 is 0. The Bertz CT molecular complexity index is 879. The average Bonchev–Trinajstić information content (AvgIpc) is 2.62. The van der Waals surface area contributed by atoms with Crippen LogP contribution in [0.2, 0.25) is 0 Å². The lowest BCUT2D eigenvalue weighted by atomic mass is 10.1. The molecule has 2 aromatic carbocycles. The van der Waals surface area contributed by atoms with Crippen molar-refractivity contribution in [1.82, 2.24) is 0 Å². The number of hydrogen-bond donors (Lipinski definition) is 2. The molecule has 0 saturated heterocycles. The number of nitrogens with one attached hydrogen (secondary N) is 1. The maximum absolute atomic E-state index is 12.1. The van der Waals surface area contributed by atoms with E-state index in [2.05, 4.69) is 5.32 Å². The van der Waals surface area contributed by atoms with Crippen LogP contribution in [0.5, 0.6) is 0 Å². The highest BCUT2D eigenvalue weighted by atomic mass is 16.6. The highest BCUT2D eigenvalue weighted by molar-refractivity contribution is 5.96. The smallest absolute Gasteiger partial charge is 0.311 e. The first kappa shape index (κ1) is 19.6. The number of rotatable bonds is 7. The molecule has 0 saturated carbocycles. The van der Waals surface area contributed by atoms with Gasteiger partial charge < -0.3 is 15.8 Å². The molecule has 9 nitrogen and oxygen atoms in total. The monoisotopic (exact) mass is 371 g/mol. The summed E-state index contributed by atoms with van der Waals surface area (Å²) in [7, 11) is 0. The summed E-state index contributed by atoms with van der Waals surface area (Å²) in [5, 5.41) is 13.5. The molecule has 0 unspecified atom stereocenters. The summed E-state index contributed by atoms with van der Waals surface area (Å²) in [4.78, 5) is 45.5. The minimum Gasteiger partial charge on any atom is -0.452 e.